The monoisotopic (exact) mass is 264 g/mol. The zero-order valence-corrected chi connectivity index (χ0v) is 11.2. The molecule has 0 atom stereocenters. The van der Waals surface area contributed by atoms with Gasteiger partial charge in [0, 0.05) is 0 Å². The summed E-state index contributed by atoms with van der Waals surface area (Å²) in [4.78, 5) is 7.79. The lowest BCUT2D eigenvalue weighted by molar-refractivity contribution is 1.07. The van der Waals surface area contributed by atoms with Crippen molar-refractivity contribution in [1.82, 2.24) is 20.2 Å². The third-order valence-electron chi connectivity index (χ3n) is 1.44. The van der Waals surface area contributed by atoms with Crippen LogP contribution < -0.4 is 0 Å². The van der Waals surface area contributed by atoms with Crippen LogP contribution in [0.25, 0.3) is 11.0 Å². The Morgan fingerprint density at radius 1 is 1.33 bits per heavy atom. The van der Waals surface area contributed by atoms with Crippen LogP contribution in [0.15, 0.2) is 6.20 Å². The highest BCUT2D eigenvalue weighted by molar-refractivity contribution is 8.59. The molecular formula is C8H13ClN4S2. The molecule has 7 heteroatoms. The van der Waals surface area contributed by atoms with Crippen LogP contribution in [0.2, 0.25) is 5.28 Å². The second-order valence-corrected chi connectivity index (χ2v) is 2.56. The zero-order chi connectivity index (χ0) is 11.8. The number of nitrogens with zero attached hydrogens (tertiary/aromatic N) is 3. The van der Waals surface area contributed by atoms with Crippen LogP contribution >= 0.6 is 34.9 Å². The Morgan fingerprint density at radius 2 is 1.93 bits per heavy atom. The van der Waals surface area contributed by atoms with Crippen molar-refractivity contribution in [3.05, 3.63) is 17.2 Å². The van der Waals surface area contributed by atoms with Gasteiger partial charge in [-0.2, -0.15) is 5.10 Å². The Labute approximate surface area is 104 Å². The SMILES string of the molecule is CC.Cc1[nH]nc2cnc(Cl)nc12.SS. The Balaban J connectivity index is 0.000000442. The van der Waals surface area contributed by atoms with Crippen LogP contribution in [0.3, 0.4) is 0 Å². The fraction of sp³-hybridized carbons (Fsp3) is 0.375. The molecule has 0 aliphatic carbocycles. The van der Waals surface area contributed by atoms with Crippen molar-refractivity contribution in [2.45, 2.75) is 20.8 Å². The van der Waals surface area contributed by atoms with E-state index in [1.54, 1.807) is 6.20 Å². The van der Waals surface area contributed by atoms with E-state index in [1.165, 1.54) is 0 Å². The van der Waals surface area contributed by atoms with Crippen LogP contribution in [-0.4, -0.2) is 20.2 Å². The van der Waals surface area contributed by atoms with E-state index >= 15 is 0 Å². The fourth-order valence-corrected chi connectivity index (χ4v) is 1.04. The minimum atomic E-state index is 0.252. The standard InChI is InChI=1S/C6H5ClN4.C2H6.H2S2/c1-3-5-4(11-10-3)2-8-6(7)9-5;2*1-2/h2H,1H3,(H,10,11);1-2H3;1-2H. The summed E-state index contributed by atoms with van der Waals surface area (Å²) in [5.41, 5.74) is 2.43. The summed E-state index contributed by atoms with van der Waals surface area (Å²) in [5, 5.41) is 7.00. The zero-order valence-electron chi connectivity index (χ0n) is 8.69. The number of hydrogen-bond acceptors (Lipinski definition) is 5. The van der Waals surface area contributed by atoms with Gasteiger partial charge in [0.15, 0.2) is 0 Å². The number of aromatic nitrogens is 4. The number of H-pyrrole nitrogens is 1. The summed E-state index contributed by atoms with van der Waals surface area (Å²) in [6.07, 6.45) is 1.59. The smallest absolute Gasteiger partial charge is 0.223 e. The molecule has 0 bridgehead atoms. The predicted molar refractivity (Wildman–Crippen MR) is 70.8 cm³/mol. The third kappa shape index (κ3) is 3.89. The number of halogens is 1. The van der Waals surface area contributed by atoms with E-state index in [0.717, 1.165) is 16.7 Å². The van der Waals surface area contributed by atoms with Crippen molar-refractivity contribution in [2.75, 3.05) is 0 Å². The fourth-order valence-electron chi connectivity index (χ4n) is 0.909. The molecule has 0 fully saturated rings. The summed E-state index contributed by atoms with van der Waals surface area (Å²) >= 11 is 12.0. The van der Waals surface area contributed by atoms with E-state index in [0.29, 0.717) is 0 Å². The minimum Gasteiger partial charge on any atom is -0.280 e. The molecule has 0 aliphatic rings. The predicted octanol–water partition coefficient (Wildman–Crippen LogP) is 3.10. The molecule has 2 heterocycles. The summed E-state index contributed by atoms with van der Waals surface area (Å²) in [6, 6.07) is 0. The van der Waals surface area contributed by atoms with Gasteiger partial charge in [-0.25, -0.2) is 9.97 Å². The van der Waals surface area contributed by atoms with Crippen LogP contribution in [0.4, 0.5) is 0 Å². The average molecular weight is 265 g/mol. The molecule has 1 N–H and O–H groups in total. The lowest BCUT2D eigenvalue weighted by atomic mass is 10.4. The van der Waals surface area contributed by atoms with E-state index in [2.05, 4.69) is 43.5 Å². The van der Waals surface area contributed by atoms with Crippen LogP contribution in [0.5, 0.6) is 0 Å². The maximum atomic E-state index is 5.58. The van der Waals surface area contributed by atoms with E-state index in [-0.39, 0.29) is 5.28 Å². The highest BCUT2D eigenvalue weighted by Crippen LogP contribution is 2.12. The van der Waals surface area contributed by atoms with Gasteiger partial charge in [-0.15, -0.1) is 23.3 Å². The molecule has 84 valence electrons. The van der Waals surface area contributed by atoms with E-state index in [9.17, 15) is 0 Å². The first-order valence-electron chi connectivity index (χ1n) is 4.30. The number of aromatic amines is 1. The van der Waals surface area contributed by atoms with Crippen LogP contribution in [0.1, 0.15) is 19.5 Å². The van der Waals surface area contributed by atoms with Crippen LogP contribution in [-0.2, 0) is 0 Å². The second-order valence-electron chi connectivity index (χ2n) is 2.22. The van der Waals surface area contributed by atoms with Gasteiger partial charge in [0.25, 0.3) is 0 Å². The third-order valence-corrected chi connectivity index (χ3v) is 1.62. The number of hydrogen-bond donors (Lipinski definition) is 3. The molecule has 0 saturated carbocycles. The highest BCUT2D eigenvalue weighted by Gasteiger charge is 2.02. The van der Waals surface area contributed by atoms with Gasteiger partial charge in [-0.1, -0.05) is 13.8 Å². The first kappa shape index (κ1) is 14.5. The van der Waals surface area contributed by atoms with Crippen molar-refractivity contribution in [3.63, 3.8) is 0 Å². The molecule has 0 unspecified atom stereocenters. The number of rotatable bonds is 0. The molecule has 0 aromatic carbocycles. The minimum absolute atomic E-state index is 0.252. The molecule has 2 aromatic heterocycles. The van der Waals surface area contributed by atoms with Gasteiger partial charge in [0.05, 0.1) is 11.9 Å². The molecule has 0 aliphatic heterocycles. The molecule has 0 radical (unpaired) electrons. The van der Waals surface area contributed by atoms with Crippen molar-refractivity contribution < 1.29 is 0 Å². The molecule has 15 heavy (non-hydrogen) atoms. The van der Waals surface area contributed by atoms with Crippen molar-refractivity contribution in [3.8, 4) is 0 Å². The average Bonchev–Trinajstić information content (AvgIpc) is 2.66. The van der Waals surface area contributed by atoms with Gasteiger partial charge < -0.3 is 0 Å². The second kappa shape index (κ2) is 7.78. The van der Waals surface area contributed by atoms with E-state index in [1.807, 2.05) is 20.8 Å². The van der Waals surface area contributed by atoms with Crippen molar-refractivity contribution in [2.24, 2.45) is 0 Å². The molecule has 0 amide bonds. The number of fused-ring (bicyclic) bond motifs is 1. The summed E-state index contributed by atoms with van der Waals surface area (Å²) < 4.78 is 0. The first-order valence-corrected chi connectivity index (χ1v) is 6.28. The Kier molecular flexibility index (Phi) is 7.54. The Bertz CT molecular complexity index is 404. The van der Waals surface area contributed by atoms with Gasteiger partial charge in [0.2, 0.25) is 5.28 Å². The topological polar surface area (TPSA) is 54.5 Å². The maximum Gasteiger partial charge on any atom is 0.223 e. The molecule has 2 aromatic rings. The summed E-state index contributed by atoms with van der Waals surface area (Å²) in [7, 11) is 0. The van der Waals surface area contributed by atoms with Crippen molar-refractivity contribution in [1.29, 1.82) is 0 Å². The highest BCUT2D eigenvalue weighted by atomic mass is 35.5. The first-order chi connectivity index (χ1) is 7.27. The van der Waals surface area contributed by atoms with E-state index < -0.39 is 0 Å². The van der Waals surface area contributed by atoms with Gasteiger partial charge in [-0.05, 0) is 18.5 Å². The largest absolute Gasteiger partial charge is 0.280 e. The Morgan fingerprint density at radius 3 is 2.53 bits per heavy atom. The van der Waals surface area contributed by atoms with Crippen LogP contribution in [0, 0.1) is 6.92 Å². The number of aryl methyl sites for hydroxylation is 1. The van der Waals surface area contributed by atoms with Gasteiger partial charge in [0.1, 0.15) is 11.0 Å². The summed E-state index contributed by atoms with van der Waals surface area (Å²) in [6.45, 7) is 5.89. The number of thiol groups is 2. The molecule has 4 nitrogen and oxygen atoms in total. The molecule has 0 saturated heterocycles. The lowest BCUT2D eigenvalue weighted by Gasteiger charge is -1.87. The van der Waals surface area contributed by atoms with Gasteiger partial charge in [-0.3, -0.25) is 5.10 Å². The van der Waals surface area contributed by atoms with E-state index in [4.69, 9.17) is 11.6 Å². The summed E-state index contributed by atoms with van der Waals surface area (Å²) in [5.74, 6) is 0. The molecular weight excluding hydrogens is 252 g/mol. The van der Waals surface area contributed by atoms with Gasteiger partial charge >= 0.3 is 0 Å². The number of nitrogens with one attached hydrogen (secondary N) is 1. The molecule has 0 spiro atoms. The maximum absolute atomic E-state index is 5.58. The lowest BCUT2D eigenvalue weighted by Crippen LogP contribution is -1.81. The quantitative estimate of drug-likeness (QED) is 0.389. The Hall–Kier alpha value is -0.460. The van der Waals surface area contributed by atoms with Crippen molar-refractivity contribution >= 4 is 46.0 Å². The normalized spacial score (nSPS) is 8.67. The molecule has 2 rings (SSSR count).